The van der Waals surface area contributed by atoms with Gasteiger partial charge in [-0.3, -0.25) is 0 Å². The number of furan rings is 1. The molecule has 2 aromatic heterocycles. The molecule has 0 amide bonds. The topological polar surface area (TPSA) is 16.4 Å². The van der Waals surface area contributed by atoms with Crippen molar-refractivity contribution in [3.8, 4) is 33.4 Å². The van der Waals surface area contributed by atoms with E-state index in [0.717, 1.165) is 50.1 Å². The Morgan fingerprint density at radius 1 is 0.353 bits per heavy atom. The molecule has 0 aliphatic heterocycles. The number of benzene rings is 11. The molecule has 0 bridgehead atoms. The van der Waals surface area contributed by atoms with Crippen LogP contribution in [0.15, 0.2) is 253 Å². The van der Waals surface area contributed by atoms with Crippen molar-refractivity contribution in [1.29, 1.82) is 0 Å². The summed E-state index contributed by atoms with van der Waals surface area (Å²) in [5.41, 5.74) is 16.7. The molecule has 11 aromatic carbocycles. The third-order valence-electron chi connectivity index (χ3n) is 14.4. The first-order valence-electron chi connectivity index (χ1n) is 23.3. The van der Waals surface area contributed by atoms with Crippen LogP contribution in [-0.2, 0) is 5.41 Å². The van der Waals surface area contributed by atoms with Crippen LogP contribution in [0.1, 0.15) is 22.3 Å². The van der Waals surface area contributed by atoms with E-state index in [9.17, 15) is 0 Å². The van der Waals surface area contributed by atoms with Crippen molar-refractivity contribution in [1.82, 2.24) is 0 Å². The Morgan fingerprint density at radius 3 is 1.65 bits per heavy atom. The maximum Gasteiger partial charge on any atom is 0.143 e. The number of rotatable bonds is 7. The average molecular weight is 884 g/mol. The Balaban J connectivity index is 0.967. The number of hydrogen-bond donors (Lipinski definition) is 0. The number of nitrogens with zero attached hydrogens (tertiary/aromatic N) is 1. The van der Waals surface area contributed by atoms with Crippen molar-refractivity contribution in [2.24, 2.45) is 0 Å². The molecule has 0 unspecified atom stereocenters. The van der Waals surface area contributed by atoms with E-state index in [1.807, 2.05) is 17.4 Å². The number of thiophene rings is 1. The molecular formula is C65H41NOS. The zero-order chi connectivity index (χ0) is 44.8. The second-order valence-electron chi connectivity index (χ2n) is 17.9. The highest BCUT2D eigenvalue weighted by Crippen LogP contribution is 2.59. The van der Waals surface area contributed by atoms with Crippen LogP contribution < -0.4 is 4.90 Å². The molecule has 0 fully saturated rings. The molecule has 68 heavy (non-hydrogen) atoms. The van der Waals surface area contributed by atoms with Crippen molar-refractivity contribution in [3.05, 3.63) is 271 Å². The average Bonchev–Trinajstić information content (AvgIpc) is 4.09. The van der Waals surface area contributed by atoms with Crippen molar-refractivity contribution < 1.29 is 4.42 Å². The zero-order valence-corrected chi connectivity index (χ0v) is 37.8. The molecule has 2 nitrogen and oxygen atoms in total. The van der Waals surface area contributed by atoms with Gasteiger partial charge in [0.25, 0.3) is 0 Å². The molecule has 318 valence electrons. The zero-order valence-electron chi connectivity index (χ0n) is 36.9. The van der Waals surface area contributed by atoms with Crippen LogP contribution in [0.3, 0.4) is 0 Å². The molecule has 0 spiro atoms. The Bertz CT molecular complexity index is 4030. The van der Waals surface area contributed by atoms with E-state index in [-0.39, 0.29) is 0 Å². The fourth-order valence-electron chi connectivity index (χ4n) is 11.4. The van der Waals surface area contributed by atoms with Crippen LogP contribution in [0.5, 0.6) is 0 Å². The molecule has 14 rings (SSSR count). The molecule has 3 heteroatoms. The molecule has 1 aliphatic rings. The number of para-hydroxylation sites is 2. The van der Waals surface area contributed by atoms with Gasteiger partial charge in [-0.05, 0) is 91.7 Å². The second kappa shape index (κ2) is 15.3. The van der Waals surface area contributed by atoms with E-state index >= 15 is 0 Å². The first-order chi connectivity index (χ1) is 33.7. The summed E-state index contributed by atoms with van der Waals surface area (Å²) < 4.78 is 9.19. The minimum atomic E-state index is -0.524. The smallest absolute Gasteiger partial charge is 0.143 e. The van der Waals surface area contributed by atoms with Crippen molar-refractivity contribution in [2.75, 3.05) is 4.90 Å². The standard InChI is InChI=1S/C65H41NOS/c1-3-17-45(18-4-1)65(46-19-5-2-6-20-46)57-28-11-9-23-56(57)61-58(65)29-15-30-59(61)66(47-37-32-43(33-38-47)49-24-13-26-53-52-22-10-12-31-60(52)67-62(49)53)48-39-34-44(35-40-48)51-25-14-27-54-55-41-36-42-16-7-8-21-50(42)64(55)68-63(51)54/h1-41H. The van der Waals surface area contributed by atoms with Crippen LogP contribution in [0.2, 0.25) is 0 Å². The highest BCUT2D eigenvalue weighted by molar-refractivity contribution is 7.27. The summed E-state index contributed by atoms with van der Waals surface area (Å²) in [6, 6.07) is 91.2. The van der Waals surface area contributed by atoms with Gasteiger partial charge in [0.05, 0.1) is 11.1 Å². The maximum atomic E-state index is 6.53. The van der Waals surface area contributed by atoms with Crippen molar-refractivity contribution >= 4 is 81.3 Å². The highest BCUT2D eigenvalue weighted by atomic mass is 32.1. The van der Waals surface area contributed by atoms with Crippen LogP contribution in [0.25, 0.3) is 86.3 Å². The normalized spacial score (nSPS) is 12.8. The molecule has 0 saturated carbocycles. The third-order valence-corrected chi connectivity index (χ3v) is 15.7. The van der Waals surface area contributed by atoms with Crippen molar-refractivity contribution in [3.63, 3.8) is 0 Å². The van der Waals surface area contributed by atoms with Gasteiger partial charge < -0.3 is 9.32 Å². The SMILES string of the molecule is c1ccc(C2(c3ccccc3)c3ccccc3-c3c(N(c4ccc(-c5cccc6c5oc5ccccc56)cc4)c4ccc(-c5cccc6c5sc5c7ccccc7ccc65)cc4)cccc32)cc1. The maximum absolute atomic E-state index is 6.53. The Hall–Kier alpha value is -8.50. The van der Waals surface area contributed by atoms with Crippen LogP contribution in [0, 0.1) is 0 Å². The largest absolute Gasteiger partial charge is 0.455 e. The minimum Gasteiger partial charge on any atom is -0.455 e. The van der Waals surface area contributed by atoms with E-state index in [2.05, 4.69) is 248 Å². The van der Waals surface area contributed by atoms with Gasteiger partial charge in [0.2, 0.25) is 0 Å². The summed E-state index contributed by atoms with van der Waals surface area (Å²) in [5, 5.41) is 7.46. The fraction of sp³-hybridized carbons (Fsp3) is 0.0154. The van der Waals surface area contributed by atoms with Gasteiger partial charge in [0.1, 0.15) is 11.2 Å². The molecule has 0 atom stereocenters. The lowest BCUT2D eigenvalue weighted by atomic mass is 9.68. The number of fused-ring (bicyclic) bond motifs is 11. The third kappa shape index (κ3) is 5.70. The van der Waals surface area contributed by atoms with Gasteiger partial charge in [0, 0.05) is 53.4 Å². The Labute approximate surface area is 398 Å². The second-order valence-corrected chi connectivity index (χ2v) is 18.9. The van der Waals surface area contributed by atoms with Gasteiger partial charge in [-0.2, -0.15) is 0 Å². The van der Waals surface area contributed by atoms with Gasteiger partial charge in [0.15, 0.2) is 0 Å². The van der Waals surface area contributed by atoms with Crippen LogP contribution in [-0.4, -0.2) is 0 Å². The molecular weight excluding hydrogens is 843 g/mol. The predicted molar refractivity (Wildman–Crippen MR) is 287 cm³/mol. The first-order valence-corrected chi connectivity index (χ1v) is 24.1. The molecule has 0 radical (unpaired) electrons. The van der Waals surface area contributed by atoms with Crippen LogP contribution in [0.4, 0.5) is 17.1 Å². The van der Waals surface area contributed by atoms with Gasteiger partial charge in [-0.1, -0.05) is 212 Å². The molecule has 13 aromatic rings. The summed E-state index contributed by atoms with van der Waals surface area (Å²) in [6.07, 6.45) is 0. The van der Waals surface area contributed by atoms with E-state index in [1.165, 1.54) is 75.5 Å². The van der Waals surface area contributed by atoms with E-state index in [0.29, 0.717) is 0 Å². The summed E-state index contributed by atoms with van der Waals surface area (Å²) in [6.45, 7) is 0. The Kier molecular flexibility index (Phi) is 8.71. The van der Waals surface area contributed by atoms with Gasteiger partial charge >= 0.3 is 0 Å². The first kappa shape index (κ1) is 38.7. The van der Waals surface area contributed by atoms with Gasteiger partial charge in [-0.15, -0.1) is 11.3 Å². The summed E-state index contributed by atoms with van der Waals surface area (Å²) in [4.78, 5) is 2.46. The lowest BCUT2D eigenvalue weighted by molar-refractivity contribution is 0.670. The molecule has 0 saturated heterocycles. The number of anilines is 3. The van der Waals surface area contributed by atoms with Crippen molar-refractivity contribution in [2.45, 2.75) is 5.41 Å². The highest BCUT2D eigenvalue weighted by Gasteiger charge is 2.47. The summed E-state index contributed by atoms with van der Waals surface area (Å²) >= 11 is 1.90. The Morgan fingerprint density at radius 2 is 0.897 bits per heavy atom. The molecule has 0 N–H and O–H groups in total. The van der Waals surface area contributed by atoms with E-state index < -0.39 is 5.41 Å². The summed E-state index contributed by atoms with van der Waals surface area (Å²) in [5.74, 6) is 0. The predicted octanol–water partition coefficient (Wildman–Crippen LogP) is 18.3. The van der Waals surface area contributed by atoms with E-state index in [1.54, 1.807) is 0 Å². The van der Waals surface area contributed by atoms with E-state index in [4.69, 9.17) is 4.42 Å². The quantitative estimate of drug-likeness (QED) is 0.159. The lowest BCUT2D eigenvalue weighted by Gasteiger charge is -2.34. The van der Waals surface area contributed by atoms with Gasteiger partial charge in [-0.25, -0.2) is 0 Å². The number of hydrogen-bond acceptors (Lipinski definition) is 3. The monoisotopic (exact) mass is 883 g/mol. The molecule has 1 aliphatic carbocycles. The van der Waals surface area contributed by atoms with Crippen LogP contribution >= 0.6 is 11.3 Å². The molecule has 2 heterocycles. The lowest BCUT2D eigenvalue weighted by Crippen LogP contribution is -2.28. The minimum absolute atomic E-state index is 0.524. The summed E-state index contributed by atoms with van der Waals surface area (Å²) in [7, 11) is 0. The fourth-order valence-corrected chi connectivity index (χ4v) is 12.8.